The number of benzene rings is 2. The van der Waals surface area contributed by atoms with E-state index >= 15 is 0 Å². The van der Waals surface area contributed by atoms with Crippen LogP contribution in [0.3, 0.4) is 0 Å². The Bertz CT molecular complexity index is 957. The van der Waals surface area contributed by atoms with Gasteiger partial charge in [-0.1, -0.05) is 38.1 Å². The van der Waals surface area contributed by atoms with Crippen LogP contribution in [0.1, 0.15) is 35.8 Å². The van der Waals surface area contributed by atoms with Crippen LogP contribution in [0.25, 0.3) is 11.0 Å². The van der Waals surface area contributed by atoms with Gasteiger partial charge in [-0.05, 0) is 35.7 Å². The summed E-state index contributed by atoms with van der Waals surface area (Å²) in [5.74, 6) is -0.0807. The summed E-state index contributed by atoms with van der Waals surface area (Å²) in [6.07, 6.45) is 0. The lowest BCUT2D eigenvalue weighted by Crippen LogP contribution is -2.29. The zero-order valence-corrected chi connectivity index (χ0v) is 13.9. The Labute approximate surface area is 140 Å². The van der Waals surface area contributed by atoms with Crippen LogP contribution in [-0.4, -0.2) is 15.5 Å². The Morgan fingerprint density at radius 1 is 1.08 bits per heavy atom. The van der Waals surface area contributed by atoms with Crippen molar-refractivity contribution in [3.05, 3.63) is 70.1 Å². The second-order valence-corrected chi connectivity index (χ2v) is 6.04. The second-order valence-electron chi connectivity index (χ2n) is 6.04. The van der Waals surface area contributed by atoms with E-state index < -0.39 is 11.5 Å². The minimum atomic E-state index is -0.501. The maximum atomic E-state index is 12.5. The van der Waals surface area contributed by atoms with E-state index in [1.807, 2.05) is 36.4 Å². The molecule has 3 rings (SSSR count). The number of aromatic nitrogens is 2. The van der Waals surface area contributed by atoms with Crippen LogP contribution in [0.4, 0.5) is 5.69 Å². The Balaban J connectivity index is 1.94. The van der Waals surface area contributed by atoms with Gasteiger partial charge in [0.05, 0.1) is 11.0 Å². The maximum absolute atomic E-state index is 12.5. The largest absolute Gasteiger partial charge is 0.320 e. The molecule has 24 heavy (non-hydrogen) atoms. The van der Waals surface area contributed by atoms with Gasteiger partial charge in [0.1, 0.15) is 0 Å². The van der Waals surface area contributed by atoms with E-state index in [4.69, 9.17) is 0 Å². The van der Waals surface area contributed by atoms with Crippen molar-refractivity contribution in [1.29, 1.82) is 0 Å². The molecule has 0 radical (unpaired) electrons. The fourth-order valence-electron chi connectivity index (χ4n) is 2.57. The molecule has 0 atom stereocenters. The molecule has 0 saturated heterocycles. The fourth-order valence-corrected chi connectivity index (χ4v) is 2.57. The lowest BCUT2D eigenvalue weighted by Gasteiger charge is -2.10. The SMILES string of the molecule is CC(C)c1ccc(NC(=O)c2nc3ccccc3n(C)c2=O)cc1. The van der Waals surface area contributed by atoms with Crippen molar-refractivity contribution in [3.63, 3.8) is 0 Å². The Kier molecular flexibility index (Phi) is 4.16. The lowest BCUT2D eigenvalue weighted by molar-refractivity contribution is 0.102. The van der Waals surface area contributed by atoms with E-state index in [2.05, 4.69) is 24.1 Å². The molecule has 1 aromatic heterocycles. The molecule has 0 unspecified atom stereocenters. The summed E-state index contributed by atoms with van der Waals surface area (Å²) in [5, 5.41) is 2.74. The topological polar surface area (TPSA) is 64.0 Å². The number of carbonyl (C=O) groups excluding carboxylic acids is 1. The third-order valence-electron chi connectivity index (χ3n) is 4.03. The maximum Gasteiger partial charge on any atom is 0.282 e. The highest BCUT2D eigenvalue weighted by atomic mass is 16.2. The predicted octanol–water partition coefficient (Wildman–Crippen LogP) is 3.31. The van der Waals surface area contributed by atoms with Crippen LogP contribution >= 0.6 is 0 Å². The zero-order chi connectivity index (χ0) is 17.3. The van der Waals surface area contributed by atoms with Gasteiger partial charge in [0.15, 0.2) is 5.69 Å². The molecule has 5 heteroatoms. The number of rotatable bonds is 3. The number of hydrogen-bond donors (Lipinski definition) is 1. The van der Waals surface area contributed by atoms with E-state index in [1.54, 1.807) is 19.2 Å². The van der Waals surface area contributed by atoms with E-state index in [0.717, 1.165) is 0 Å². The Hall–Kier alpha value is -2.95. The molecule has 122 valence electrons. The van der Waals surface area contributed by atoms with Gasteiger partial charge in [0.2, 0.25) is 0 Å². The van der Waals surface area contributed by atoms with Crippen molar-refractivity contribution < 1.29 is 4.79 Å². The molecule has 0 bridgehead atoms. The van der Waals surface area contributed by atoms with Gasteiger partial charge in [-0.25, -0.2) is 4.98 Å². The summed E-state index contributed by atoms with van der Waals surface area (Å²) in [7, 11) is 1.64. The summed E-state index contributed by atoms with van der Waals surface area (Å²) >= 11 is 0. The van der Waals surface area contributed by atoms with Crippen molar-refractivity contribution in [2.75, 3.05) is 5.32 Å². The number of fused-ring (bicyclic) bond motifs is 1. The molecule has 0 aliphatic heterocycles. The first-order valence-corrected chi connectivity index (χ1v) is 7.84. The van der Waals surface area contributed by atoms with Gasteiger partial charge in [0, 0.05) is 12.7 Å². The normalized spacial score (nSPS) is 11.0. The first-order chi connectivity index (χ1) is 11.5. The van der Waals surface area contributed by atoms with Gasteiger partial charge in [-0.3, -0.25) is 9.59 Å². The summed E-state index contributed by atoms with van der Waals surface area (Å²) in [5.41, 5.74) is 2.61. The lowest BCUT2D eigenvalue weighted by atomic mass is 10.0. The van der Waals surface area contributed by atoms with Crippen LogP contribution in [0, 0.1) is 0 Å². The monoisotopic (exact) mass is 321 g/mol. The number of carbonyl (C=O) groups is 1. The number of aryl methyl sites for hydroxylation is 1. The third-order valence-corrected chi connectivity index (χ3v) is 4.03. The molecular formula is C19H19N3O2. The van der Waals surface area contributed by atoms with Crippen molar-refractivity contribution in [2.24, 2.45) is 7.05 Å². The van der Waals surface area contributed by atoms with Crippen molar-refractivity contribution >= 4 is 22.6 Å². The first kappa shape index (κ1) is 15.9. The molecule has 0 aliphatic carbocycles. The minimum absolute atomic E-state index is 0.107. The van der Waals surface area contributed by atoms with Crippen LogP contribution in [0.5, 0.6) is 0 Å². The number of para-hydroxylation sites is 2. The van der Waals surface area contributed by atoms with Crippen LogP contribution in [-0.2, 0) is 7.05 Å². The molecule has 1 amide bonds. The number of nitrogens with zero attached hydrogens (tertiary/aromatic N) is 2. The van der Waals surface area contributed by atoms with E-state index in [-0.39, 0.29) is 5.69 Å². The van der Waals surface area contributed by atoms with Gasteiger partial charge >= 0.3 is 0 Å². The van der Waals surface area contributed by atoms with Gasteiger partial charge < -0.3 is 9.88 Å². The van der Waals surface area contributed by atoms with Gasteiger partial charge in [-0.2, -0.15) is 0 Å². The quantitative estimate of drug-likeness (QED) is 0.805. The fraction of sp³-hybridized carbons (Fsp3) is 0.211. The molecule has 3 aromatic rings. The predicted molar refractivity (Wildman–Crippen MR) is 95.5 cm³/mol. The van der Waals surface area contributed by atoms with Crippen molar-refractivity contribution in [1.82, 2.24) is 9.55 Å². The highest BCUT2D eigenvalue weighted by Gasteiger charge is 2.16. The highest BCUT2D eigenvalue weighted by molar-refractivity contribution is 6.03. The minimum Gasteiger partial charge on any atom is -0.320 e. The summed E-state index contributed by atoms with van der Waals surface area (Å²) in [4.78, 5) is 29.1. The van der Waals surface area contributed by atoms with Crippen LogP contribution in [0.2, 0.25) is 0 Å². The number of hydrogen-bond acceptors (Lipinski definition) is 3. The number of anilines is 1. The molecule has 0 aliphatic rings. The summed E-state index contributed by atoms with van der Waals surface area (Å²) < 4.78 is 1.44. The van der Waals surface area contributed by atoms with E-state index in [0.29, 0.717) is 22.6 Å². The molecule has 0 saturated carbocycles. The molecule has 1 N–H and O–H groups in total. The van der Waals surface area contributed by atoms with E-state index in [9.17, 15) is 9.59 Å². The molecular weight excluding hydrogens is 302 g/mol. The smallest absolute Gasteiger partial charge is 0.282 e. The standard InChI is InChI=1S/C19H19N3O2/c1-12(2)13-8-10-14(11-9-13)20-18(23)17-19(24)22(3)16-7-5-4-6-15(16)21-17/h4-12H,1-3H3,(H,20,23). The van der Waals surface area contributed by atoms with Crippen LogP contribution < -0.4 is 10.9 Å². The highest BCUT2D eigenvalue weighted by Crippen LogP contribution is 2.17. The third kappa shape index (κ3) is 2.93. The number of amides is 1. The van der Waals surface area contributed by atoms with Gasteiger partial charge in [-0.15, -0.1) is 0 Å². The van der Waals surface area contributed by atoms with Gasteiger partial charge in [0.25, 0.3) is 11.5 Å². The molecule has 5 nitrogen and oxygen atoms in total. The number of nitrogens with one attached hydrogen (secondary N) is 1. The molecule has 1 heterocycles. The average molecular weight is 321 g/mol. The van der Waals surface area contributed by atoms with E-state index in [1.165, 1.54) is 10.1 Å². The zero-order valence-electron chi connectivity index (χ0n) is 13.9. The Morgan fingerprint density at radius 2 is 1.75 bits per heavy atom. The molecule has 0 fully saturated rings. The van der Waals surface area contributed by atoms with Crippen LogP contribution in [0.15, 0.2) is 53.3 Å². The second kappa shape index (κ2) is 6.28. The molecule has 0 spiro atoms. The van der Waals surface area contributed by atoms with Crippen molar-refractivity contribution in [2.45, 2.75) is 19.8 Å². The summed E-state index contributed by atoms with van der Waals surface area (Å²) in [6, 6.07) is 14.8. The Morgan fingerprint density at radius 3 is 2.42 bits per heavy atom. The first-order valence-electron chi connectivity index (χ1n) is 7.84. The molecule has 2 aromatic carbocycles. The summed E-state index contributed by atoms with van der Waals surface area (Å²) in [6.45, 7) is 4.21. The van der Waals surface area contributed by atoms with Crippen molar-refractivity contribution in [3.8, 4) is 0 Å². The average Bonchev–Trinajstić information content (AvgIpc) is 2.58.